The summed E-state index contributed by atoms with van der Waals surface area (Å²) in [5.74, 6) is 0.674. The van der Waals surface area contributed by atoms with Crippen molar-refractivity contribution in [1.82, 2.24) is 4.90 Å². The van der Waals surface area contributed by atoms with Crippen molar-refractivity contribution in [1.29, 1.82) is 0 Å². The molecule has 2 heterocycles. The van der Waals surface area contributed by atoms with E-state index >= 15 is 0 Å². The second kappa shape index (κ2) is 7.22. The third kappa shape index (κ3) is 3.16. The lowest BCUT2D eigenvalue weighted by molar-refractivity contribution is -0.117. The third-order valence-electron chi connectivity index (χ3n) is 5.40. The lowest BCUT2D eigenvalue weighted by Crippen LogP contribution is -2.39. The van der Waals surface area contributed by atoms with Crippen molar-refractivity contribution in [3.63, 3.8) is 0 Å². The van der Waals surface area contributed by atoms with Crippen LogP contribution in [0.1, 0.15) is 33.1 Å². The van der Waals surface area contributed by atoms with Gasteiger partial charge in [0.05, 0.1) is 6.04 Å². The van der Waals surface area contributed by atoms with Crippen LogP contribution in [0.3, 0.4) is 0 Å². The molecule has 1 N–H and O–H groups in total. The summed E-state index contributed by atoms with van der Waals surface area (Å²) in [6.07, 6.45) is 0. The van der Waals surface area contributed by atoms with Crippen LogP contribution in [0.5, 0.6) is 11.5 Å². The molecule has 0 saturated heterocycles. The van der Waals surface area contributed by atoms with Crippen LogP contribution in [-0.2, 0) is 4.79 Å². The molecule has 6 heteroatoms. The number of carbonyl (C=O) groups is 2. The molecule has 0 fully saturated rings. The first kappa shape index (κ1) is 18.2. The largest absolute Gasteiger partial charge is 0.454 e. The van der Waals surface area contributed by atoms with Gasteiger partial charge >= 0.3 is 0 Å². The van der Waals surface area contributed by atoms with Gasteiger partial charge in [0.25, 0.3) is 5.91 Å². The molecule has 2 aliphatic heterocycles. The lowest BCUT2D eigenvalue weighted by Gasteiger charge is -2.31. The molecule has 0 saturated carbocycles. The molecular formula is C24H20N2O4. The average molecular weight is 400 g/mol. The number of rotatable bonds is 2. The van der Waals surface area contributed by atoms with E-state index in [1.165, 1.54) is 0 Å². The fourth-order valence-corrected chi connectivity index (χ4v) is 4.01. The van der Waals surface area contributed by atoms with Crippen LogP contribution < -0.4 is 14.8 Å². The normalized spacial score (nSPS) is 17.2. The minimum Gasteiger partial charge on any atom is -0.454 e. The molecular weight excluding hydrogens is 380 g/mol. The van der Waals surface area contributed by atoms with Crippen LogP contribution in [0.15, 0.2) is 66.7 Å². The Kier molecular flexibility index (Phi) is 4.39. The van der Waals surface area contributed by atoms with Crippen molar-refractivity contribution < 1.29 is 19.1 Å². The standard InChI is InChI=1S/C24H20N2O4/c1-15-7-9-19-18(11-15)23(16-5-3-2-4-6-16)26(13-22(27)25-19)24(28)17-8-10-20-21(12-17)30-14-29-20/h2-12,23H,13-14H2,1H3,(H,25,27)/t23-/m1/s1. The second-order valence-electron chi connectivity index (χ2n) is 7.45. The highest BCUT2D eigenvalue weighted by atomic mass is 16.7. The summed E-state index contributed by atoms with van der Waals surface area (Å²) in [6.45, 7) is 2.08. The van der Waals surface area contributed by atoms with E-state index in [0.717, 1.165) is 22.4 Å². The Hall–Kier alpha value is -3.80. The van der Waals surface area contributed by atoms with Crippen molar-refractivity contribution >= 4 is 17.5 Å². The van der Waals surface area contributed by atoms with Crippen LogP contribution in [0.25, 0.3) is 0 Å². The fraction of sp³-hybridized carbons (Fsp3) is 0.167. The van der Waals surface area contributed by atoms with Crippen molar-refractivity contribution in [2.24, 2.45) is 0 Å². The number of nitrogens with one attached hydrogen (secondary N) is 1. The van der Waals surface area contributed by atoms with Gasteiger partial charge in [0, 0.05) is 16.8 Å². The molecule has 1 atom stereocenters. The van der Waals surface area contributed by atoms with E-state index in [4.69, 9.17) is 9.47 Å². The van der Waals surface area contributed by atoms with Gasteiger partial charge in [-0.05, 0) is 36.8 Å². The molecule has 6 nitrogen and oxygen atoms in total. The molecule has 0 spiro atoms. The predicted molar refractivity (Wildman–Crippen MR) is 112 cm³/mol. The molecule has 2 amide bonds. The maximum absolute atomic E-state index is 13.6. The number of hydrogen-bond acceptors (Lipinski definition) is 4. The van der Waals surface area contributed by atoms with Crippen LogP contribution in [0.4, 0.5) is 5.69 Å². The number of nitrogens with zero attached hydrogens (tertiary/aromatic N) is 1. The van der Waals surface area contributed by atoms with Gasteiger partial charge < -0.3 is 19.7 Å². The monoisotopic (exact) mass is 400 g/mol. The highest BCUT2D eigenvalue weighted by molar-refractivity contribution is 6.01. The summed E-state index contributed by atoms with van der Waals surface area (Å²) < 4.78 is 10.8. The number of amides is 2. The molecule has 0 unspecified atom stereocenters. The minimum absolute atomic E-state index is 0.0550. The van der Waals surface area contributed by atoms with Gasteiger partial charge in [-0.2, -0.15) is 0 Å². The number of aryl methyl sites for hydroxylation is 1. The van der Waals surface area contributed by atoms with Gasteiger partial charge in [0.15, 0.2) is 11.5 Å². The van der Waals surface area contributed by atoms with Crippen LogP contribution in [-0.4, -0.2) is 30.1 Å². The molecule has 5 rings (SSSR count). The molecule has 3 aromatic rings. The predicted octanol–water partition coefficient (Wildman–Crippen LogP) is 3.91. The SMILES string of the molecule is Cc1ccc2c(c1)[C@@H](c1ccccc1)N(C(=O)c1ccc3c(c1)OCO3)CC(=O)N2. The van der Waals surface area contributed by atoms with Gasteiger partial charge in [0.1, 0.15) is 6.54 Å². The molecule has 2 aliphatic rings. The number of hydrogen-bond donors (Lipinski definition) is 1. The molecule has 0 radical (unpaired) electrons. The Morgan fingerprint density at radius 1 is 1.00 bits per heavy atom. The number of benzene rings is 3. The molecule has 150 valence electrons. The Morgan fingerprint density at radius 3 is 2.63 bits per heavy atom. The Balaban J connectivity index is 1.64. The van der Waals surface area contributed by atoms with Gasteiger partial charge in [-0.25, -0.2) is 0 Å². The maximum atomic E-state index is 13.6. The summed E-state index contributed by atoms with van der Waals surface area (Å²) in [4.78, 5) is 27.9. The van der Waals surface area contributed by atoms with E-state index in [-0.39, 0.29) is 25.2 Å². The van der Waals surface area contributed by atoms with E-state index in [1.54, 1.807) is 23.1 Å². The first-order valence-electron chi connectivity index (χ1n) is 9.76. The van der Waals surface area contributed by atoms with Crippen molar-refractivity contribution in [3.05, 3.63) is 89.0 Å². The molecule has 3 aromatic carbocycles. The Bertz CT molecular complexity index is 1140. The lowest BCUT2D eigenvalue weighted by atomic mass is 9.94. The van der Waals surface area contributed by atoms with Crippen molar-refractivity contribution in [2.45, 2.75) is 13.0 Å². The number of anilines is 1. The van der Waals surface area contributed by atoms with Crippen LogP contribution in [0, 0.1) is 6.92 Å². The molecule has 0 bridgehead atoms. The van der Waals surface area contributed by atoms with E-state index in [0.29, 0.717) is 17.1 Å². The van der Waals surface area contributed by atoms with Gasteiger partial charge in [0.2, 0.25) is 12.7 Å². The topological polar surface area (TPSA) is 67.9 Å². The molecule has 0 aromatic heterocycles. The second-order valence-corrected chi connectivity index (χ2v) is 7.45. The Morgan fingerprint density at radius 2 is 1.80 bits per heavy atom. The summed E-state index contributed by atoms with van der Waals surface area (Å²) in [5.41, 5.74) is 4.06. The quantitative estimate of drug-likeness (QED) is 0.708. The number of fused-ring (bicyclic) bond motifs is 2. The van der Waals surface area contributed by atoms with Gasteiger partial charge in [-0.15, -0.1) is 0 Å². The zero-order valence-corrected chi connectivity index (χ0v) is 16.4. The molecule has 0 aliphatic carbocycles. The zero-order valence-electron chi connectivity index (χ0n) is 16.4. The first-order valence-corrected chi connectivity index (χ1v) is 9.76. The number of ether oxygens (including phenoxy) is 2. The minimum atomic E-state index is -0.405. The van der Waals surface area contributed by atoms with E-state index < -0.39 is 6.04 Å². The van der Waals surface area contributed by atoms with Gasteiger partial charge in [-0.3, -0.25) is 9.59 Å². The van der Waals surface area contributed by atoms with E-state index in [1.807, 2.05) is 55.5 Å². The Labute approximate surface area is 174 Å². The third-order valence-corrected chi connectivity index (χ3v) is 5.40. The average Bonchev–Trinajstić information content (AvgIpc) is 3.17. The van der Waals surface area contributed by atoms with E-state index in [9.17, 15) is 9.59 Å². The summed E-state index contributed by atoms with van der Waals surface area (Å²) in [6, 6.07) is 20.3. The smallest absolute Gasteiger partial charge is 0.255 e. The van der Waals surface area contributed by atoms with Gasteiger partial charge in [-0.1, -0.05) is 48.0 Å². The van der Waals surface area contributed by atoms with Crippen molar-refractivity contribution in [2.75, 3.05) is 18.7 Å². The van der Waals surface area contributed by atoms with Crippen LogP contribution >= 0.6 is 0 Å². The summed E-state index contributed by atoms with van der Waals surface area (Å²) in [7, 11) is 0. The first-order chi connectivity index (χ1) is 14.6. The maximum Gasteiger partial charge on any atom is 0.255 e. The highest BCUT2D eigenvalue weighted by Gasteiger charge is 2.34. The zero-order chi connectivity index (χ0) is 20.7. The number of carbonyl (C=O) groups excluding carboxylic acids is 2. The fourth-order valence-electron chi connectivity index (χ4n) is 4.01. The van der Waals surface area contributed by atoms with Crippen LogP contribution in [0.2, 0.25) is 0 Å². The van der Waals surface area contributed by atoms with Crippen molar-refractivity contribution in [3.8, 4) is 11.5 Å². The highest BCUT2D eigenvalue weighted by Crippen LogP contribution is 2.38. The molecule has 30 heavy (non-hydrogen) atoms. The summed E-state index contributed by atoms with van der Waals surface area (Å²) in [5, 5.41) is 2.95. The van der Waals surface area contributed by atoms with E-state index in [2.05, 4.69) is 5.32 Å². The summed E-state index contributed by atoms with van der Waals surface area (Å²) >= 11 is 0.